The summed E-state index contributed by atoms with van der Waals surface area (Å²) in [6.45, 7) is 3.35. The molecule has 1 rings (SSSR count). The van der Waals surface area contributed by atoms with Crippen LogP contribution in [-0.4, -0.2) is 27.5 Å². The summed E-state index contributed by atoms with van der Waals surface area (Å²) in [5.41, 5.74) is 4.78. The smallest absolute Gasteiger partial charge is 0.339 e. The van der Waals surface area contributed by atoms with Crippen LogP contribution in [0.1, 0.15) is 24.2 Å². The van der Waals surface area contributed by atoms with Gasteiger partial charge in [0.05, 0.1) is 17.4 Å². The highest BCUT2D eigenvalue weighted by atomic mass is 32.2. The summed E-state index contributed by atoms with van der Waals surface area (Å²) in [6, 6.07) is 2.48. The average molecular weight is 259 g/mol. The molecule has 2 atom stereocenters. The molecule has 0 aliphatic carbocycles. The molecular formula is C11H14FNO3S. The van der Waals surface area contributed by atoms with E-state index >= 15 is 0 Å². The molecule has 0 fully saturated rings. The number of hydrogen-bond acceptors (Lipinski definition) is 4. The van der Waals surface area contributed by atoms with E-state index in [1.165, 1.54) is 6.07 Å². The molecule has 0 saturated heterocycles. The summed E-state index contributed by atoms with van der Waals surface area (Å²) in [5.74, 6) is -2.03. The molecule has 4 N–H and O–H groups in total. The minimum absolute atomic E-state index is 0.210. The number of thioether (sulfide) groups is 1. The van der Waals surface area contributed by atoms with Gasteiger partial charge in [-0.1, -0.05) is 6.92 Å². The Balaban J connectivity index is 3.16. The molecule has 0 spiro atoms. The Morgan fingerprint density at radius 3 is 2.53 bits per heavy atom. The first kappa shape index (κ1) is 13.8. The Bertz CT molecular complexity index is 437. The van der Waals surface area contributed by atoms with E-state index in [2.05, 4.69) is 0 Å². The lowest BCUT2D eigenvalue weighted by molar-refractivity contribution is 0.0693. The van der Waals surface area contributed by atoms with E-state index in [0.29, 0.717) is 4.90 Å². The van der Waals surface area contributed by atoms with E-state index in [1.807, 2.05) is 0 Å². The van der Waals surface area contributed by atoms with E-state index in [4.69, 9.17) is 10.8 Å². The lowest BCUT2D eigenvalue weighted by Gasteiger charge is -2.16. The summed E-state index contributed by atoms with van der Waals surface area (Å²) in [5, 5.41) is 18.2. The van der Waals surface area contributed by atoms with Crippen molar-refractivity contribution in [3.05, 3.63) is 23.5 Å². The van der Waals surface area contributed by atoms with Crippen molar-refractivity contribution in [3.63, 3.8) is 0 Å². The Morgan fingerprint density at radius 1 is 1.47 bits per heavy atom. The van der Waals surface area contributed by atoms with Crippen LogP contribution in [0, 0.1) is 5.82 Å². The summed E-state index contributed by atoms with van der Waals surface area (Å²) < 4.78 is 13.2. The Labute approximate surface area is 103 Å². The van der Waals surface area contributed by atoms with Gasteiger partial charge in [-0.25, -0.2) is 9.18 Å². The van der Waals surface area contributed by atoms with Gasteiger partial charge in [0.25, 0.3) is 0 Å². The lowest BCUT2D eigenvalue weighted by Crippen LogP contribution is -2.16. The predicted octanol–water partition coefficient (Wildman–Crippen LogP) is 1.97. The van der Waals surface area contributed by atoms with Crippen LogP contribution < -0.4 is 5.73 Å². The van der Waals surface area contributed by atoms with Crippen molar-refractivity contribution in [2.24, 2.45) is 0 Å². The molecule has 0 aromatic heterocycles. The van der Waals surface area contributed by atoms with Gasteiger partial charge >= 0.3 is 5.97 Å². The minimum Gasteiger partial charge on any atom is -0.478 e. The molecule has 0 amide bonds. The number of aliphatic hydroxyl groups is 1. The fraction of sp³-hybridized carbons (Fsp3) is 0.364. The van der Waals surface area contributed by atoms with Gasteiger partial charge in [-0.2, -0.15) is 0 Å². The van der Waals surface area contributed by atoms with Crippen LogP contribution in [0.4, 0.5) is 10.1 Å². The topological polar surface area (TPSA) is 83.5 Å². The van der Waals surface area contributed by atoms with Gasteiger partial charge in [-0.3, -0.25) is 0 Å². The summed E-state index contributed by atoms with van der Waals surface area (Å²) in [6.07, 6.45) is -0.604. The van der Waals surface area contributed by atoms with Crippen molar-refractivity contribution >= 4 is 23.4 Å². The lowest BCUT2D eigenvalue weighted by atomic mass is 10.2. The number of carboxylic acids is 1. The summed E-state index contributed by atoms with van der Waals surface area (Å²) in [7, 11) is 0. The van der Waals surface area contributed by atoms with Gasteiger partial charge in [0.15, 0.2) is 0 Å². The first-order chi connectivity index (χ1) is 7.84. The number of carboxylic acid groups (broad SMARTS) is 1. The second-order valence-electron chi connectivity index (χ2n) is 3.70. The van der Waals surface area contributed by atoms with Crippen molar-refractivity contribution < 1.29 is 19.4 Å². The number of benzene rings is 1. The van der Waals surface area contributed by atoms with Crippen molar-refractivity contribution in [3.8, 4) is 0 Å². The molecule has 6 heteroatoms. The van der Waals surface area contributed by atoms with Gasteiger partial charge in [-0.15, -0.1) is 11.8 Å². The van der Waals surface area contributed by atoms with Gasteiger partial charge in [-0.05, 0) is 19.1 Å². The molecule has 0 bridgehead atoms. The summed E-state index contributed by atoms with van der Waals surface area (Å²) in [4.78, 5) is 11.4. The molecule has 17 heavy (non-hydrogen) atoms. The highest BCUT2D eigenvalue weighted by Gasteiger charge is 2.20. The van der Waals surface area contributed by atoms with Crippen molar-refractivity contribution in [1.29, 1.82) is 0 Å². The highest BCUT2D eigenvalue weighted by Crippen LogP contribution is 2.32. The molecule has 0 radical (unpaired) electrons. The third-order valence-electron chi connectivity index (χ3n) is 2.36. The van der Waals surface area contributed by atoms with E-state index in [9.17, 15) is 14.3 Å². The van der Waals surface area contributed by atoms with Gasteiger partial charge in [0.1, 0.15) is 5.82 Å². The molecule has 0 saturated carbocycles. The molecule has 0 aliphatic rings. The number of nitrogens with two attached hydrogens (primary N) is 1. The molecule has 94 valence electrons. The normalized spacial score (nSPS) is 14.4. The quantitative estimate of drug-likeness (QED) is 0.568. The third-order valence-corrected chi connectivity index (χ3v) is 3.72. The highest BCUT2D eigenvalue weighted by molar-refractivity contribution is 8.00. The second-order valence-corrected chi connectivity index (χ2v) is 5.12. The molecule has 1 aromatic carbocycles. The maximum Gasteiger partial charge on any atom is 0.339 e. The van der Waals surface area contributed by atoms with E-state index < -0.39 is 17.9 Å². The molecular weight excluding hydrogens is 245 g/mol. The van der Waals surface area contributed by atoms with Crippen LogP contribution in [0.5, 0.6) is 0 Å². The summed E-state index contributed by atoms with van der Waals surface area (Å²) >= 11 is 1.15. The Hall–Kier alpha value is -1.27. The van der Waals surface area contributed by atoms with Crippen LogP contribution >= 0.6 is 11.8 Å². The van der Waals surface area contributed by atoms with E-state index in [-0.39, 0.29) is 16.5 Å². The minimum atomic E-state index is -1.28. The zero-order chi connectivity index (χ0) is 13.2. The fourth-order valence-electron chi connectivity index (χ4n) is 1.19. The monoisotopic (exact) mass is 259 g/mol. The largest absolute Gasteiger partial charge is 0.478 e. The third kappa shape index (κ3) is 3.10. The first-order valence-electron chi connectivity index (χ1n) is 5.00. The van der Waals surface area contributed by atoms with Crippen LogP contribution in [0.25, 0.3) is 0 Å². The first-order valence-corrected chi connectivity index (χ1v) is 5.88. The number of carbonyl (C=O) groups is 1. The fourth-order valence-corrected chi connectivity index (χ4v) is 2.25. The average Bonchev–Trinajstić information content (AvgIpc) is 2.22. The number of hydrogen-bond donors (Lipinski definition) is 3. The molecule has 1 aromatic rings. The van der Waals surface area contributed by atoms with Crippen molar-refractivity contribution in [1.82, 2.24) is 0 Å². The maximum atomic E-state index is 13.2. The maximum absolute atomic E-state index is 13.2. The van der Waals surface area contributed by atoms with E-state index in [0.717, 1.165) is 17.8 Å². The van der Waals surface area contributed by atoms with Crippen LogP contribution in [0.2, 0.25) is 0 Å². The Kier molecular flexibility index (Phi) is 4.36. The number of halogens is 1. The van der Waals surface area contributed by atoms with Crippen LogP contribution in [0.3, 0.4) is 0 Å². The SMILES string of the molecule is CC(O)C(C)Sc1ccc(F)c(N)c1C(=O)O. The van der Waals surface area contributed by atoms with Gasteiger partial charge in [0.2, 0.25) is 0 Å². The number of rotatable bonds is 4. The number of aromatic carboxylic acids is 1. The van der Waals surface area contributed by atoms with Crippen LogP contribution in [-0.2, 0) is 0 Å². The van der Waals surface area contributed by atoms with Crippen LogP contribution in [0.15, 0.2) is 17.0 Å². The van der Waals surface area contributed by atoms with E-state index in [1.54, 1.807) is 13.8 Å². The zero-order valence-electron chi connectivity index (χ0n) is 9.48. The number of aliphatic hydroxyl groups excluding tert-OH is 1. The van der Waals surface area contributed by atoms with Crippen molar-refractivity contribution in [2.45, 2.75) is 30.1 Å². The zero-order valence-corrected chi connectivity index (χ0v) is 10.3. The molecule has 2 unspecified atom stereocenters. The number of nitrogen functional groups attached to an aromatic ring is 1. The molecule has 4 nitrogen and oxygen atoms in total. The van der Waals surface area contributed by atoms with Gasteiger partial charge < -0.3 is 15.9 Å². The van der Waals surface area contributed by atoms with Crippen molar-refractivity contribution in [2.75, 3.05) is 5.73 Å². The Morgan fingerprint density at radius 2 is 2.06 bits per heavy atom. The predicted molar refractivity (Wildman–Crippen MR) is 64.8 cm³/mol. The second kappa shape index (κ2) is 5.37. The molecule has 0 aliphatic heterocycles. The standard InChI is InChI=1S/C11H14FNO3S/c1-5(14)6(2)17-8-4-3-7(12)10(13)9(8)11(15)16/h3-6,14H,13H2,1-2H3,(H,15,16). The molecule has 0 heterocycles. The van der Waals surface area contributed by atoms with Gasteiger partial charge in [0, 0.05) is 10.1 Å². The number of anilines is 1.